The number of rotatable bonds is 6. The van der Waals surface area contributed by atoms with Gasteiger partial charge in [-0.1, -0.05) is 63.1 Å². The molecule has 3 rings (SSSR count). The van der Waals surface area contributed by atoms with E-state index in [4.69, 9.17) is 4.74 Å². The van der Waals surface area contributed by atoms with E-state index in [1.54, 1.807) is 13.0 Å². The Morgan fingerprint density at radius 3 is 2.46 bits per heavy atom. The molecule has 0 radical (unpaired) electrons. The molecule has 4 heteroatoms. The van der Waals surface area contributed by atoms with Gasteiger partial charge >= 0.3 is 6.09 Å². The Balaban J connectivity index is 1.98. The van der Waals surface area contributed by atoms with Crippen molar-refractivity contribution in [1.29, 1.82) is 0 Å². The number of benzene rings is 2. The van der Waals surface area contributed by atoms with Crippen LogP contribution in [0.4, 0.5) is 4.79 Å². The molecule has 1 aliphatic carbocycles. The van der Waals surface area contributed by atoms with Crippen molar-refractivity contribution < 1.29 is 14.6 Å². The molecular weight excluding hydrogens is 350 g/mol. The maximum Gasteiger partial charge on any atom is 0.407 e. The molecule has 0 spiro atoms. The van der Waals surface area contributed by atoms with Crippen molar-refractivity contribution in [1.82, 2.24) is 5.32 Å². The predicted molar refractivity (Wildman–Crippen MR) is 112 cm³/mol. The molecule has 2 aromatic rings. The van der Waals surface area contributed by atoms with Crippen molar-refractivity contribution >= 4 is 6.09 Å². The molecule has 1 amide bonds. The number of carbonyl (C=O) groups is 1. The van der Waals surface area contributed by atoms with Crippen LogP contribution in [0.25, 0.3) is 0 Å². The van der Waals surface area contributed by atoms with E-state index < -0.39 is 6.09 Å². The summed E-state index contributed by atoms with van der Waals surface area (Å²) in [6.07, 6.45) is 3.97. The Kier molecular flexibility index (Phi) is 6.28. The van der Waals surface area contributed by atoms with Crippen LogP contribution in [-0.2, 0) is 10.2 Å². The van der Waals surface area contributed by atoms with Crippen molar-refractivity contribution in [2.45, 2.75) is 57.9 Å². The van der Waals surface area contributed by atoms with Gasteiger partial charge in [-0.3, -0.25) is 0 Å². The second-order valence-corrected chi connectivity index (χ2v) is 8.15. The van der Waals surface area contributed by atoms with Crippen LogP contribution >= 0.6 is 0 Å². The van der Waals surface area contributed by atoms with Gasteiger partial charge in [0, 0.05) is 11.0 Å². The van der Waals surface area contributed by atoms with Crippen LogP contribution in [0, 0.1) is 5.92 Å². The van der Waals surface area contributed by atoms with Crippen molar-refractivity contribution in [3.63, 3.8) is 0 Å². The fraction of sp³-hybridized carbons (Fsp3) is 0.458. The normalized spacial score (nSPS) is 16.0. The average Bonchev–Trinajstić information content (AvgIpc) is 3.22. The first-order chi connectivity index (χ1) is 13.4. The number of phenolic OH excluding ortho intramolecular Hbond substituents is 1. The molecule has 1 unspecified atom stereocenters. The van der Waals surface area contributed by atoms with E-state index in [1.807, 2.05) is 24.3 Å². The van der Waals surface area contributed by atoms with Gasteiger partial charge in [-0.05, 0) is 48.9 Å². The van der Waals surface area contributed by atoms with Crippen LogP contribution in [0.1, 0.15) is 69.2 Å². The van der Waals surface area contributed by atoms with Gasteiger partial charge in [0.2, 0.25) is 0 Å². The first kappa shape index (κ1) is 20.2. The average molecular weight is 382 g/mol. The van der Waals surface area contributed by atoms with Gasteiger partial charge in [-0.15, -0.1) is 0 Å². The summed E-state index contributed by atoms with van der Waals surface area (Å²) in [5.41, 5.74) is 2.89. The Morgan fingerprint density at radius 1 is 1.14 bits per heavy atom. The highest BCUT2D eigenvalue weighted by atomic mass is 16.5. The number of aromatic hydroxyl groups is 1. The summed E-state index contributed by atoms with van der Waals surface area (Å²) < 4.78 is 5.13. The number of amides is 1. The fourth-order valence-corrected chi connectivity index (χ4v) is 4.25. The molecule has 28 heavy (non-hydrogen) atoms. The Morgan fingerprint density at radius 2 is 1.82 bits per heavy atom. The zero-order valence-electron chi connectivity index (χ0n) is 17.1. The van der Waals surface area contributed by atoms with Crippen molar-refractivity contribution in [3.05, 3.63) is 65.2 Å². The third-order valence-electron chi connectivity index (χ3n) is 6.00. The van der Waals surface area contributed by atoms with Gasteiger partial charge in [0.05, 0.1) is 12.6 Å². The largest absolute Gasteiger partial charge is 0.508 e. The lowest BCUT2D eigenvalue weighted by Crippen LogP contribution is -2.33. The molecule has 2 N–H and O–H groups in total. The summed E-state index contributed by atoms with van der Waals surface area (Å²) in [6, 6.07) is 15.9. The lowest BCUT2D eigenvalue weighted by Gasteiger charge is -2.30. The van der Waals surface area contributed by atoms with Gasteiger partial charge in [0.25, 0.3) is 0 Å². The maximum absolute atomic E-state index is 12.2. The van der Waals surface area contributed by atoms with Crippen LogP contribution in [0.15, 0.2) is 48.5 Å². The molecule has 1 atom stereocenters. The number of alkyl carbamates (subject to hydrolysis) is 1. The van der Waals surface area contributed by atoms with Crippen LogP contribution in [0.3, 0.4) is 0 Å². The number of phenols is 1. The summed E-state index contributed by atoms with van der Waals surface area (Å²) in [5, 5.41) is 13.7. The summed E-state index contributed by atoms with van der Waals surface area (Å²) in [7, 11) is 0. The lowest BCUT2D eigenvalue weighted by atomic mass is 9.76. The smallest absolute Gasteiger partial charge is 0.407 e. The zero-order valence-corrected chi connectivity index (χ0v) is 17.1. The third kappa shape index (κ3) is 4.32. The quantitative estimate of drug-likeness (QED) is 0.675. The van der Waals surface area contributed by atoms with E-state index in [9.17, 15) is 9.90 Å². The highest BCUT2D eigenvalue weighted by molar-refractivity contribution is 5.68. The number of ether oxygens (including phenoxy) is 1. The van der Waals surface area contributed by atoms with Gasteiger partial charge in [0.15, 0.2) is 0 Å². The standard InChI is InChI=1S/C24H31NO3/c1-4-28-23(27)25-22(17-10-8-9-11-17)20-16-19(14-15-21(20)26)24(2,3)18-12-6-5-7-13-18/h5-7,12-17,22,26H,4,8-11H2,1-3H3,(H,25,27). The fourth-order valence-electron chi connectivity index (χ4n) is 4.25. The van der Waals surface area contributed by atoms with Crippen molar-refractivity contribution in [2.75, 3.05) is 6.61 Å². The first-order valence-corrected chi connectivity index (χ1v) is 10.3. The molecule has 0 saturated heterocycles. The number of hydrogen-bond donors (Lipinski definition) is 2. The van der Waals surface area contributed by atoms with Crippen LogP contribution in [0.2, 0.25) is 0 Å². The summed E-state index contributed by atoms with van der Waals surface area (Å²) in [4.78, 5) is 12.2. The number of hydrogen-bond acceptors (Lipinski definition) is 3. The Labute approximate surface area is 167 Å². The van der Waals surface area contributed by atoms with E-state index in [2.05, 4.69) is 37.4 Å². The lowest BCUT2D eigenvalue weighted by molar-refractivity contribution is 0.143. The highest BCUT2D eigenvalue weighted by Crippen LogP contribution is 2.41. The van der Waals surface area contributed by atoms with E-state index in [1.165, 1.54) is 5.56 Å². The number of nitrogens with one attached hydrogen (secondary N) is 1. The van der Waals surface area contributed by atoms with Crippen LogP contribution in [-0.4, -0.2) is 17.8 Å². The van der Waals surface area contributed by atoms with Crippen LogP contribution < -0.4 is 5.32 Å². The van der Waals surface area contributed by atoms with Gasteiger partial charge < -0.3 is 15.2 Å². The molecule has 0 aromatic heterocycles. The summed E-state index contributed by atoms with van der Waals surface area (Å²) in [6.45, 7) is 6.49. The SMILES string of the molecule is CCOC(=O)NC(c1cc(C(C)(C)c2ccccc2)ccc1O)C1CCCC1. The van der Waals surface area contributed by atoms with E-state index in [-0.39, 0.29) is 17.2 Å². The third-order valence-corrected chi connectivity index (χ3v) is 6.00. The second kappa shape index (κ2) is 8.68. The van der Waals surface area contributed by atoms with Gasteiger partial charge in [-0.25, -0.2) is 4.79 Å². The number of carbonyl (C=O) groups excluding carboxylic acids is 1. The molecule has 0 heterocycles. The molecule has 4 nitrogen and oxygen atoms in total. The van der Waals surface area contributed by atoms with Gasteiger partial charge in [0.1, 0.15) is 5.75 Å². The molecular formula is C24H31NO3. The molecule has 150 valence electrons. The second-order valence-electron chi connectivity index (χ2n) is 8.15. The maximum atomic E-state index is 12.2. The molecule has 1 saturated carbocycles. The van der Waals surface area contributed by atoms with Gasteiger partial charge in [-0.2, -0.15) is 0 Å². The van der Waals surface area contributed by atoms with Crippen molar-refractivity contribution in [2.24, 2.45) is 5.92 Å². The summed E-state index contributed by atoms with van der Waals surface area (Å²) >= 11 is 0. The molecule has 2 aromatic carbocycles. The van der Waals surface area contributed by atoms with E-state index in [0.717, 1.165) is 36.8 Å². The minimum absolute atomic E-state index is 0.214. The minimum atomic E-state index is -0.425. The van der Waals surface area contributed by atoms with E-state index in [0.29, 0.717) is 12.5 Å². The molecule has 1 aliphatic rings. The topological polar surface area (TPSA) is 58.6 Å². The Bertz CT molecular complexity index is 795. The molecule has 0 aliphatic heterocycles. The van der Waals surface area contributed by atoms with Crippen LogP contribution in [0.5, 0.6) is 5.75 Å². The van der Waals surface area contributed by atoms with E-state index >= 15 is 0 Å². The molecule has 1 fully saturated rings. The monoisotopic (exact) mass is 381 g/mol. The zero-order chi connectivity index (χ0) is 20.1. The van der Waals surface area contributed by atoms with Crippen molar-refractivity contribution in [3.8, 4) is 5.75 Å². The molecule has 0 bridgehead atoms. The minimum Gasteiger partial charge on any atom is -0.508 e. The highest BCUT2D eigenvalue weighted by Gasteiger charge is 2.32. The predicted octanol–water partition coefficient (Wildman–Crippen LogP) is 5.70. The first-order valence-electron chi connectivity index (χ1n) is 10.3. The summed E-state index contributed by atoms with van der Waals surface area (Å²) in [5.74, 6) is 0.534. The Hall–Kier alpha value is -2.49.